The molecular weight excluding hydrogens is 284 g/mol. The van der Waals surface area contributed by atoms with Crippen molar-refractivity contribution in [3.8, 4) is 5.75 Å². The number of ether oxygens (including phenoxy) is 1. The summed E-state index contributed by atoms with van der Waals surface area (Å²) in [6.45, 7) is 8.84. The van der Waals surface area contributed by atoms with E-state index in [1.165, 1.54) is 12.0 Å². The Morgan fingerprint density at radius 2 is 1.95 bits per heavy atom. The fourth-order valence-electron chi connectivity index (χ4n) is 2.99. The fraction of sp³-hybridized carbons (Fsp3) is 0.647. The highest BCUT2D eigenvalue weighted by Gasteiger charge is 2.25. The highest BCUT2D eigenvalue weighted by atomic mass is 35.5. The van der Waals surface area contributed by atoms with Gasteiger partial charge in [-0.05, 0) is 37.0 Å². The third-order valence-corrected chi connectivity index (χ3v) is 4.40. The normalized spacial score (nSPS) is 18.0. The van der Waals surface area contributed by atoms with E-state index in [-0.39, 0.29) is 0 Å². The van der Waals surface area contributed by atoms with E-state index in [0.717, 1.165) is 43.4 Å². The van der Waals surface area contributed by atoms with Crippen LogP contribution in [0.3, 0.4) is 0 Å². The summed E-state index contributed by atoms with van der Waals surface area (Å²) in [7, 11) is 1.74. The van der Waals surface area contributed by atoms with Crippen LogP contribution in [0.2, 0.25) is 5.02 Å². The molecule has 3 nitrogen and oxygen atoms in total. The average Bonchev–Trinajstić information content (AvgIpc) is 2.48. The van der Waals surface area contributed by atoms with Crippen LogP contribution in [0.5, 0.6) is 5.75 Å². The van der Waals surface area contributed by atoms with Crippen LogP contribution in [0.15, 0.2) is 18.2 Å². The number of nitrogens with zero attached hydrogens (tertiary/aromatic N) is 1. The summed E-state index contributed by atoms with van der Waals surface area (Å²) in [5, 5.41) is 4.21. The molecular formula is C17H27ClN2O. The van der Waals surface area contributed by atoms with Gasteiger partial charge in [0, 0.05) is 42.8 Å². The number of benzene rings is 1. The Kier molecular flexibility index (Phi) is 6.34. The zero-order valence-corrected chi connectivity index (χ0v) is 14.1. The molecule has 1 saturated heterocycles. The molecule has 0 bridgehead atoms. The standard InChI is InChI=1S/C17H27ClN2O/c1-13(2)4-6-16(20-10-8-19-9-11-20)15-12-14(18)5-7-17(15)21-3/h5,7,12-13,16,19H,4,6,8-11H2,1-3H3/t16-/m0/s1. The molecule has 0 aliphatic carbocycles. The SMILES string of the molecule is COc1ccc(Cl)cc1[C@H](CCC(C)C)N1CCNCC1. The monoisotopic (exact) mass is 310 g/mol. The van der Waals surface area contributed by atoms with Crippen molar-refractivity contribution in [3.63, 3.8) is 0 Å². The van der Waals surface area contributed by atoms with Crippen molar-refractivity contribution in [2.45, 2.75) is 32.7 Å². The first-order valence-electron chi connectivity index (χ1n) is 7.90. The van der Waals surface area contributed by atoms with Crippen molar-refractivity contribution in [1.82, 2.24) is 10.2 Å². The van der Waals surface area contributed by atoms with Crippen molar-refractivity contribution in [2.24, 2.45) is 5.92 Å². The molecule has 21 heavy (non-hydrogen) atoms. The molecule has 1 N–H and O–H groups in total. The van der Waals surface area contributed by atoms with Crippen molar-refractivity contribution in [2.75, 3.05) is 33.3 Å². The van der Waals surface area contributed by atoms with Crippen LogP contribution in [0.25, 0.3) is 0 Å². The van der Waals surface area contributed by atoms with Crippen molar-refractivity contribution in [1.29, 1.82) is 0 Å². The van der Waals surface area contributed by atoms with Gasteiger partial charge in [-0.2, -0.15) is 0 Å². The van der Waals surface area contributed by atoms with Gasteiger partial charge < -0.3 is 10.1 Å². The van der Waals surface area contributed by atoms with Crippen LogP contribution in [0.1, 0.15) is 38.3 Å². The molecule has 1 heterocycles. The van der Waals surface area contributed by atoms with E-state index in [2.05, 4.69) is 30.1 Å². The van der Waals surface area contributed by atoms with Crippen molar-refractivity contribution in [3.05, 3.63) is 28.8 Å². The van der Waals surface area contributed by atoms with Crippen molar-refractivity contribution >= 4 is 11.6 Å². The van der Waals surface area contributed by atoms with Gasteiger partial charge in [0.15, 0.2) is 0 Å². The Morgan fingerprint density at radius 3 is 2.57 bits per heavy atom. The zero-order valence-electron chi connectivity index (χ0n) is 13.4. The highest BCUT2D eigenvalue weighted by Crippen LogP contribution is 2.35. The largest absolute Gasteiger partial charge is 0.496 e. The van der Waals surface area contributed by atoms with Gasteiger partial charge in [0.25, 0.3) is 0 Å². The van der Waals surface area contributed by atoms with Gasteiger partial charge in [0.1, 0.15) is 5.75 Å². The minimum absolute atomic E-state index is 0.392. The van der Waals surface area contributed by atoms with Gasteiger partial charge in [-0.25, -0.2) is 0 Å². The number of rotatable bonds is 6. The van der Waals surface area contributed by atoms with E-state index in [1.807, 2.05) is 12.1 Å². The summed E-state index contributed by atoms with van der Waals surface area (Å²) in [5.41, 5.74) is 1.23. The molecule has 1 aliphatic heterocycles. The van der Waals surface area contributed by atoms with Gasteiger partial charge in [-0.3, -0.25) is 4.90 Å². The molecule has 2 rings (SSSR count). The van der Waals surface area contributed by atoms with E-state index in [4.69, 9.17) is 16.3 Å². The maximum Gasteiger partial charge on any atom is 0.123 e. The lowest BCUT2D eigenvalue weighted by Gasteiger charge is -2.36. The summed E-state index contributed by atoms with van der Waals surface area (Å²) < 4.78 is 5.58. The number of hydrogen-bond acceptors (Lipinski definition) is 3. The Morgan fingerprint density at radius 1 is 1.24 bits per heavy atom. The lowest BCUT2D eigenvalue weighted by Crippen LogP contribution is -2.45. The lowest BCUT2D eigenvalue weighted by molar-refractivity contribution is 0.157. The van der Waals surface area contributed by atoms with Crippen LogP contribution in [-0.2, 0) is 0 Å². The first kappa shape index (κ1) is 16.6. The van der Waals surface area contributed by atoms with Crippen LogP contribution in [0, 0.1) is 5.92 Å². The molecule has 0 aromatic heterocycles. The molecule has 1 aromatic carbocycles. The highest BCUT2D eigenvalue weighted by molar-refractivity contribution is 6.30. The van der Waals surface area contributed by atoms with Gasteiger partial charge in [-0.1, -0.05) is 25.4 Å². The number of piperazine rings is 1. The van der Waals surface area contributed by atoms with Crippen LogP contribution < -0.4 is 10.1 Å². The molecule has 1 fully saturated rings. The predicted octanol–water partition coefficient (Wildman–Crippen LogP) is 3.73. The minimum atomic E-state index is 0.392. The lowest BCUT2D eigenvalue weighted by atomic mass is 9.95. The molecule has 1 atom stereocenters. The first-order chi connectivity index (χ1) is 10.1. The van der Waals surface area contributed by atoms with E-state index in [9.17, 15) is 0 Å². The third kappa shape index (κ3) is 4.60. The number of hydrogen-bond donors (Lipinski definition) is 1. The van der Waals surface area contributed by atoms with Gasteiger partial charge >= 0.3 is 0 Å². The summed E-state index contributed by atoms with van der Waals surface area (Å²) >= 11 is 6.23. The molecule has 0 spiro atoms. The third-order valence-electron chi connectivity index (χ3n) is 4.16. The molecule has 0 saturated carbocycles. The molecule has 1 aliphatic rings. The van der Waals surface area contributed by atoms with Crippen LogP contribution in [0.4, 0.5) is 0 Å². The van der Waals surface area contributed by atoms with E-state index in [1.54, 1.807) is 7.11 Å². The predicted molar refractivity (Wildman–Crippen MR) is 89.3 cm³/mol. The molecule has 1 aromatic rings. The molecule has 0 amide bonds. The van der Waals surface area contributed by atoms with E-state index >= 15 is 0 Å². The minimum Gasteiger partial charge on any atom is -0.496 e. The summed E-state index contributed by atoms with van der Waals surface area (Å²) in [6, 6.07) is 6.36. The average molecular weight is 311 g/mol. The Labute approximate surface area is 133 Å². The van der Waals surface area contributed by atoms with Gasteiger partial charge in [0.05, 0.1) is 7.11 Å². The molecule has 118 valence electrons. The fourth-order valence-corrected chi connectivity index (χ4v) is 3.17. The molecule has 0 radical (unpaired) electrons. The topological polar surface area (TPSA) is 24.5 Å². The Balaban J connectivity index is 2.26. The zero-order chi connectivity index (χ0) is 15.2. The molecule has 4 heteroatoms. The van der Waals surface area contributed by atoms with Crippen molar-refractivity contribution < 1.29 is 4.74 Å². The summed E-state index contributed by atoms with van der Waals surface area (Å²) in [4.78, 5) is 2.56. The Bertz CT molecular complexity index is 444. The van der Waals surface area contributed by atoms with E-state index < -0.39 is 0 Å². The summed E-state index contributed by atoms with van der Waals surface area (Å²) in [5.74, 6) is 1.66. The molecule has 0 unspecified atom stereocenters. The van der Waals surface area contributed by atoms with Crippen LogP contribution in [-0.4, -0.2) is 38.2 Å². The van der Waals surface area contributed by atoms with E-state index in [0.29, 0.717) is 12.0 Å². The second kappa shape index (κ2) is 8.02. The number of halogens is 1. The van der Waals surface area contributed by atoms with Crippen LogP contribution >= 0.6 is 11.6 Å². The van der Waals surface area contributed by atoms with Gasteiger partial charge in [0.2, 0.25) is 0 Å². The second-order valence-corrected chi connectivity index (χ2v) is 6.60. The quantitative estimate of drug-likeness (QED) is 0.866. The number of methoxy groups -OCH3 is 1. The first-order valence-corrected chi connectivity index (χ1v) is 8.27. The maximum absolute atomic E-state index is 6.23. The smallest absolute Gasteiger partial charge is 0.123 e. The number of nitrogens with one attached hydrogen (secondary N) is 1. The van der Waals surface area contributed by atoms with Gasteiger partial charge in [-0.15, -0.1) is 0 Å². The second-order valence-electron chi connectivity index (χ2n) is 6.16. The Hall–Kier alpha value is -0.770. The summed E-state index contributed by atoms with van der Waals surface area (Å²) in [6.07, 6.45) is 2.36. The maximum atomic E-state index is 6.23.